The highest BCUT2D eigenvalue weighted by Gasteiger charge is 2.08. The highest BCUT2D eigenvalue weighted by molar-refractivity contribution is 5.19. The topological polar surface area (TPSA) is 44.2 Å². The Kier molecular flexibility index (Phi) is 5.99. The van der Waals surface area contributed by atoms with E-state index in [-0.39, 0.29) is 6.10 Å². The molecule has 1 aromatic heterocycles. The van der Waals surface area contributed by atoms with Gasteiger partial charge >= 0.3 is 0 Å². The molecule has 0 saturated heterocycles. The van der Waals surface area contributed by atoms with E-state index in [4.69, 9.17) is 9.47 Å². The molecule has 0 N–H and O–H groups in total. The van der Waals surface area contributed by atoms with E-state index < -0.39 is 0 Å². The van der Waals surface area contributed by atoms with Gasteiger partial charge in [0.15, 0.2) is 6.61 Å². The first-order valence-electron chi connectivity index (χ1n) is 6.13. The van der Waals surface area contributed by atoms with Crippen molar-refractivity contribution >= 4 is 0 Å². The van der Waals surface area contributed by atoms with Crippen molar-refractivity contribution in [3.05, 3.63) is 12.4 Å². The summed E-state index contributed by atoms with van der Waals surface area (Å²) in [6, 6.07) is 1.69. The van der Waals surface area contributed by atoms with Crippen LogP contribution in [0.4, 0.5) is 0 Å². The summed E-state index contributed by atoms with van der Waals surface area (Å²) < 4.78 is 11.0. The highest BCUT2D eigenvalue weighted by Crippen LogP contribution is 2.16. The Morgan fingerprint density at radius 1 is 1.22 bits per heavy atom. The Hall–Kier alpha value is -1.76. The summed E-state index contributed by atoms with van der Waals surface area (Å²) in [6.45, 7) is 8.46. The third kappa shape index (κ3) is 5.53. The van der Waals surface area contributed by atoms with Crippen LogP contribution >= 0.6 is 0 Å². The molecule has 0 aromatic carbocycles. The van der Waals surface area contributed by atoms with E-state index in [2.05, 4.69) is 35.7 Å². The van der Waals surface area contributed by atoms with Crippen molar-refractivity contribution in [3.8, 4) is 23.6 Å². The zero-order valence-corrected chi connectivity index (χ0v) is 11.4. The van der Waals surface area contributed by atoms with Gasteiger partial charge in [-0.3, -0.25) is 0 Å². The Labute approximate surface area is 109 Å². The van der Waals surface area contributed by atoms with E-state index in [1.54, 1.807) is 13.0 Å². The molecule has 1 atom stereocenters. The fourth-order valence-corrected chi connectivity index (χ4v) is 1.57. The van der Waals surface area contributed by atoms with Crippen LogP contribution in [0.5, 0.6) is 11.8 Å². The Balaban J connectivity index is 2.55. The molecule has 1 heterocycles. The summed E-state index contributed by atoms with van der Waals surface area (Å²) in [5.41, 5.74) is 0. The lowest BCUT2D eigenvalue weighted by Crippen LogP contribution is -2.15. The molecule has 18 heavy (non-hydrogen) atoms. The Bertz CT molecular complexity index is 421. The van der Waals surface area contributed by atoms with Gasteiger partial charge in [0.05, 0.1) is 12.2 Å². The van der Waals surface area contributed by atoms with Crippen LogP contribution in [0.25, 0.3) is 0 Å². The van der Waals surface area contributed by atoms with Crippen molar-refractivity contribution in [3.63, 3.8) is 0 Å². The number of nitrogens with zero attached hydrogens (tertiary/aromatic N) is 2. The average Bonchev–Trinajstić information content (AvgIpc) is 2.28. The van der Waals surface area contributed by atoms with Crippen LogP contribution in [0, 0.1) is 17.8 Å². The normalized spacial score (nSPS) is 11.6. The predicted molar refractivity (Wildman–Crippen MR) is 70.5 cm³/mol. The van der Waals surface area contributed by atoms with E-state index >= 15 is 0 Å². The molecule has 0 radical (unpaired) electrons. The van der Waals surface area contributed by atoms with Crippen LogP contribution in [0.1, 0.15) is 34.1 Å². The number of aromatic nitrogens is 2. The highest BCUT2D eigenvalue weighted by atomic mass is 16.5. The summed E-state index contributed by atoms with van der Waals surface area (Å²) in [4.78, 5) is 8.06. The fourth-order valence-electron chi connectivity index (χ4n) is 1.57. The summed E-state index contributed by atoms with van der Waals surface area (Å²) in [6.07, 6.45) is 2.55. The van der Waals surface area contributed by atoms with Crippen LogP contribution < -0.4 is 9.47 Å². The minimum absolute atomic E-state index is 0.128. The van der Waals surface area contributed by atoms with Gasteiger partial charge in [-0.05, 0) is 26.2 Å². The largest absolute Gasteiger partial charge is 0.474 e. The Morgan fingerprint density at radius 3 is 2.61 bits per heavy atom. The van der Waals surface area contributed by atoms with Gasteiger partial charge in [-0.25, -0.2) is 9.97 Å². The maximum Gasteiger partial charge on any atom is 0.221 e. The van der Waals surface area contributed by atoms with Crippen molar-refractivity contribution in [2.24, 2.45) is 5.92 Å². The molecule has 0 amide bonds. The molecular weight excluding hydrogens is 228 g/mol. The second-order valence-electron chi connectivity index (χ2n) is 4.47. The first-order chi connectivity index (χ1) is 8.61. The monoisotopic (exact) mass is 248 g/mol. The van der Waals surface area contributed by atoms with Gasteiger partial charge in [0.25, 0.3) is 0 Å². The molecule has 0 aliphatic heterocycles. The molecule has 0 spiro atoms. The molecule has 0 fully saturated rings. The van der Waals surface area contributed by atoms with Gasteiger partial charge in [0, 0.05) is 0 Å². The summed E-state index contributed by atoms with van der Waals surface area (Å²) >= 11 is 0. The number of hydrogen-bond acceptors (Lipinski definition) is 4. The number of rotatable bonds is 6. The smallest absolute Gasteiger partial charge is 0.221 e. The SMILES string of the molecule is CC#CCOc1cc(OC(C)CC(C)C)ncn1. The van der Waals surface area contributed by atoms with Crippen molar-refractivity contribution in [2.75, 3.05) is 6.61 Å². The van der Waals surface area contributed by atoms with Crippen molar-refractivity contribution < 1.29 is 9.47 Å². The molecule has 1 unspecified atom stereocenters. The number of hydrogen-bond donors (Lipinski definition) is 0. The summed E-state index contributed by atoms with van der Waals surface area (Å²) in [5, 5.41) is 0. The maximum absolute atomic E-state index is 5.70. The van der Waals surface area contributed by atoms with E-state index in [1.165, 1.54) is 6.33 Å². The van der Waals surface area contributed by atoms with E-state index in [9.17, 15) is 0 Å². The number of ether oxygens (including phenoxy) is 2. The van der Waals surface area contributed by atoms with Crippen molar-refractivity contribution in [2.45, 2.75) is 40.2 Å². The van der Waals surface area contributed by atoms with Crippen molar-refractivity contribution in [1.82, 2.24) is 9.97 Å². The van der Waals surface area contributed by atoms with Gasteiger partial charge < -0.3 is 9.47 Å². The van der Waals surface area contributed by atoms with Crippen molar-refractivity contribution in [1.29, 1.82) is 0 Å². The minimum atomic E-state index is 0.128. The standard InChI is InChI=1S/C14H20N2O2/c1-5-6-7-17-13-9-14(16-10-15-13)18-12(4)8-11(2)3/h9-12H,7-8H2,1-4H3. The lowest BCUT2D eigenvalue weighted by Gasteiger charge is -2.15. The molecule has 1 aromatic rings. The average molecular weight is 248 g/mol. The summed E-state index contributed by atoms with van der Waals surface area (Å²) in [7, 11) is 0. The van der Waals surface area contributed by atoms with Crippen LogP contribution in [-0.4, -0.2) is 22.7 Å². The molecule has 0 aliphatic rings. The lowest BCUT2D eigenvalue weighted by molar-refractivity contribution is 0.184. The van der Waals surface area contributed by atoms with Gasteiger partial charge in [-0.1, -0.05) is 19.8 Å². The molecule has 98 valence electrons. The van der Waals surface area contributed by atoms with Gasteiger partial charge in [-0.2, -0.15) is 0 Å². The minimum Gasteiger partial charge on any atom is -0.474 e. The summed E-state index contributed by atoms with van der Waals surface area (Å²) in [5.74, 6) is 7.19. The van der Waals surface area contributed by atoms with Gasteiger partial charge in [-0.15, -0.1) is 5.92 Å². The third-order valence-corrected chi connectivity index (χ3v) is 2.21. The zero-order chi connectivity index (χ0) is 13.4. The molecule has 0 aliphatic carbocycles. The molecule has 0 saturated carbocycles. The van der Waals surface area contributed by atoms with Crippen LogP contribution in [-0.2, 0) is 0 Å². The molecular formula is C14H20N2O2. The van der Waals surface area contributed by atoms with E-state index in [0.29, 0.717) is 24.3 Å². The maximum atomic E-state index is 5.70. The fraction of sp³-hybridized carbons (Fsp3) is 0.571. The van der Waals surface area contributed by atoms with Crippen LogP contribution in [0.15, 0.2) is 12.4 Å². The predicted octanol–water partition coefficient (Wildman–Crippen LogP) is 2.69. The second-order valence-corrected chi connectivity index (χ2v) is 4.47. The van der Waals surface area contributed by atoms with Crippen LogP contribution in [0.3, 0.4) is 0 Å². The lowest BCUT2D eigenvalue weighted by atomic mass is 10.1. The third-order valence-electron chi connectivity index (χ3n) is 2.21. The molecule has 4 heteroatoms. The first kappa shape index (κ1) is 14.3. The first-order valence-corrected chi connectivity index (χ1v) is 6.13. The Morgan fingerprint density at radius 2 is 1.94 bits per heavy atom. The molecule has 1 rings (SSSR count). The van der Waals surface area contributed by atoms with E-state index in [0.717, 1.165) is 6.42 Å². The molecule has 4 nitrogen and oxygen atoms in total. The van der Waals surface area contributed by atoms with Gasteiger partial charge in [0.2, 0.25) is 11.8 Å². The quantitative estimate of drug-likeness (QED) is 0.726. The van der Waals surface area contributed by atoms with Crippen LogP contribution in [0.2, 0.25) is 0 Å². The molecule has 0 bridgehead atoms. The van der Waals surface area contributed by atoms with Gasteiger partial charge in [0.1, 0.15) is 6.33 Å². The zero-order valence-electron chi connectivity index (χ0n) is 11.4. The van der Waals surface area contributed by atoms with E-state index in [1.807, 2.05) is 6.92 Å². The second kappa shape index (κ2) is 7.54.